The fourth-order valence-corrected chi connectivity index (χ4v) is 5.66. The molecule has 3 heterocycles. The van der Waals surface area contributed by atoms with Crippen molar-refractivity contribution in [3.8, 4) is 5.75 Å². The molecular weight excluding hydrogens is 480 g/mol. The first-order chi connectivity index (χ1) is 17.3. The molecule has 1 aromatic rings. The van der Waals surface area contributed by atoms with E-state index in [-0.39, 0.29) is 24.3 Å². The van der Waals surface area contributed by atoms with E-state index in [0.29, 0.717) is 49.9 Å². The van der Waals surface area contributed by atoms with Crippen LogP contribution in [0.1, 0.15) is 44.9 Å². The molecule has 9 heteroatoms. The zero-order valence-electron chi connectivity index (χ0n) is 21.4. The summed E-state index contributed by atoms with van der Waals surface area (Å²) in [7, 11) is 2.07. The molecule has 0 spiro atoms. The van der Waals surface area contributed by atoms with E-state index in [2.05, 4.69) is 11.9 Å². The number of likely N-dealkylation sites (tertiary alicyclic amines) is 2. The summed E-state index contributed by atoms with van der Waals surface area (Å²) >= 11 is 6.15. The minimum absolute atomic E-state index is 0.0378. The van der Waals surface area contributed by atoms with E-state index in [1.807, 2.05) is 21.9 Å². The maximum absolute atomic E-state index is 13.4. The lowest BCUT2D eigenvalue weighted by Crippen LogP contribution is -2.54. The van der Waals surface area contributed by atoms with Crippen LogP contribution in [-0.2, 0) is 14.4 Å². The Labute approximate surface area is 219 Å². The molecule has 0 aromatic heterocycles. The van der Waals surface area contributed by atoms with Crippen molar-refractivity contribution in [3.05, 3.63) is 29.3 Å². The van der Waals surface area contributed by atoms with Crippen molar-refractivity contribution in [2.24, 2.45) is 5.41 Å². The molecule has 8 nitrogen and oxygen atoms in total. The zero-order chi connectivity index (χ0) is 25.5. The van der Waals surface area contributed by atoms with Crippen LogP contribution in [0.25, 0.3) is 0 Å². The summed E-state index contributed by atoms with van der Waals surface area (Å²) in [5.74, 6) is 0.810. The highest BCUT2D eigenvalue weighted by atomic mass is 35.5. The van der Waals surface area contributed by atoms with Gasteiger partial charge in [0, 0.05) is 69.1 Å². The van der Waals surface area contributed by atoms with E-state index in [0.717, 1.165) is 58.3 Å². The number of benzene rings is 1. The number of hydrogen-bond acceptors (Lipinski definition) is 5. The van der Waals surface area contributed by atoms with Crippen molar-refractivity contribution >= 4 is 29.3 Å². The molecule has 36 heavy (non-hydrogen) atoms. The van der Waals surface area contributed by atoms with E-state index in [9.17, 15) is 14.4 Å². The molecular formula is C27H39ClN4O4. The van der Waals surface area contributed by atoms with Crippen LogP contribution in [0.2, 0.25) is 5.02 Å². The van der Waals surface area contributed by atoms with Gasteiger partial charge in [0.05, 0.1) is 13.2 Å². The molecule has 0 saturated carbocycles. The molecule has 198 valence electrons. The fourth-order valence-electron chi connectivity index (χ4n) is 5.48. The monoisotopic (exact) mass is 518 g/mol. The number of piperidine rings is 1. The molecule has 1 aromatic carbocycles. The van der Waals surface area contributed by atoms with Crippen molar-refractivity contribution in [1.29, 1.82) is 0 Å². The first-order valence-corrected chi connectivity index (χ1v) is 13.6. The molecule has 3 amide bonds. The van der Waals surface area contributed by atoms with Crippen LogP contribution in [0.15, 0.2) is 24.3 Å². The van der Waals surface area contributed by atoms with Crippen LogP contribution >= 0.6 is 11.6 Å². The summed E-state index contributed by atoms with van der Waals surface area (Å²) in [6, 6.07) is 7.27. The van der Waals surface area contributed by atoms with Crippen molar-refractivity contribution in [1.82, 2.24) is 19.6 Å². The molecule has 1 unspecified atom stereocenters. The number of hydrogen-bond donors (Lipinski definition) is 0. The molecule has 0 bridgehead atoms. The molecule has 1 atom stereocenters. The number of nitrogens with zero attached hydrogens (tertiary/aromatic N) is 4. The second-order valence-corrected chi connectivity index (χ2v) is 11.1. The minimum atomic E-state index is -0.487. The third-order valence-electron chi connectivity index (χ3n) is 7.73. The molecule has 0 radical (unpaired) electrons. The lowest BCUT2D eigenvalue weighted by Gasteiger charge is -2.44. The van der Waals surface area contributed by atoms with Gasteiger partial charge in [-0.15, -0.1) is 0 Å². The molecule has 0 aliphatic carbocycles. The van der Waals surface area contributed by atoms with Crippen LogP contribution in [-0.4, -0.2) is 103 Å². The first kappa shape index (κ1) is 26.7. The van der Waals surface area contributed by atoms with Crippen molar-refractivity contribution < 1.29 is 19.1 Å². The lowest BCUT2D eigenvalue weighted by atomic mass is 9.77. The van der Waals surface area contributed by atoms with E-state index in [1.165, 1.54) is 0 Å². The van der Waals surface area contributed by atoms with E-state index in [1.54, 1.807) is 17.0 Å². The van der Waals surface area contributed by atoms with Gasteiger partial charge in [0.1, 0.15) is 5.75 Å². The molecule has 3 aliphatic heterocycles. The van der Waals surface area contributed by atoms with Crippen LogP contribution in [0.4, 0.5) is 0 Å². The summed E-state index contributed by atoms with van der Waals surface area (Å²) in [5, 5.41) is 0.595. The number of amides is 3. The third-order valence-corrected chi connectivity index (χ3v) is 7.97. The highest BCUT2D eigenvalue weighted by molar-refractivity contribution is 6.30. The summed E-state index contributed by atoms with van der Waals surface area (Å²) in [4.78, 5) is 46.9. The Balaban J connectivity index is 1.46. The van der Waals surface area contributed by atoms with E-state index < -0.39 is 5.41 Å². The summed E-state index contributed by atoms with van der Waals surface area (Å²) in [6.45, 7) is 5.37. The van der Waals surface area contributed by atoms with E-state index in [4.69, 9.17) is 16.3 Å². The molecule has 3 aliphatic rings. The largest absolute Gasteiger partial charge is 0.493 e. The Morgan fingerprint density at radius 1 is 0.972 bits per heavy atom. The summed E-state index contributed by atoms with van der Waals surface area (Å²) in [5.41, 5.74) is -0.487. The normalized spacial score (nSPS) is 23.9. The number of rotatable bonds is 7. The Morgan fingerprint density at radius 2 is 1.78 bits per heavy atom. The second-order valence-electron chi connectivity index (χ2n) is 10.7. The number of halogens is 1. The highest BCUT2D eigenvalue weighted by Gasteiger charge is 2.41. The fraction of sp³-hybridized carbons (Fsp3) is 0.667. The Kier molecular flexibility index (Phi) is 9.12. The van der Waals surface area contributed by atoms with Crippen LogP contribution < -0.4 is 4.74 Å². The topological polar surface area (TPSA) is 73.4 Å². The van der Waals surface area contributed by atoms with Gasteiger partial charge in [-0.25, -0.2) is 0 Å². The Morgan fingerprint density at radius 3 is 2.56 bits per heavy atom. The SMILES string of the molecule is CN1CCN(C(=O)CC2(COc3cccc(Cl)c3)CCCN(C(=O)CN3CCCCCC3=O)C2)CC1. The van der Waals surface area contributed by atoms with Crippen LogP contribution in [0.5, 0.6) is 5.75 Å². The summed E-state index contributed by atoms with van der Waals surface area (Å²) in [6.07, 6.45) is 5.32. The number of carbonyl (C=O) groups excluding carboxylic acids is 3. The second kappa shape index (κ2) is 12.3. The van der Waals surface area contributed by atoms with Crippen LogP contribution in [0.3, 0.4) is 0 Å². The van der Waals surface area contributed by atoms with Gasteiger partial charge in [-0.05, 0) is 50.9 Å². The van der Waals surface area contributed by atoms with Crippen LogP contribution in [0, 0.1) is 5.41 Å². The first-order valence-electron chi connectivity index (χ1n) is 13.2. The maximum Gasteiger partial charge on any atom is 0.242 e. The van der Waals surface area contributed by atoms with Gasteiger partial charge in [0.2, 0.25) is 17.7 Å². The van der Waals surface area contributed by atoms with E-state index >= 15 is 0 Å². The molecule has 4 rings (SSSR count). The Bertz CT molecular complexity index is 936. The highest BCUT2D eigenvalue weighted by Crippen LogP contribution is 2.36. The number of carbonyl (C=O) groups is 3. The van der Waals surface area contributed by atoms with Gasteiger partial charge >= 0.3 is 0 Å². The standard InChI is InChI=1S/C27H39ClN4O4/c1-29-13-15-30(16-14-29)25(34)18-27(21-36-23-8-5-7-22(28)17-23)10-6-12-32(20-27)26(35)19-31-11-4-2-3-9-24(31)33/h5,7-8,17H,2-4,6,9-16,18-21H2,1H3. The maximum atomic E-state index is 13.4. The van der Waals surface area contributed by atoms with Crippen molar-refractivity contribution in [2.45, 2.75) is 44.9 Å². The van der Waals surface area contributed by atoms with Gasteiger partial charge < -0.3 is 24.3 Å². The third kappa shape index (κ3) is 7.13. The van der Waals surface area contributed by atoms with Gasteiger partial charge in [-0.1, -0.05) is 24.1 Å². The number of ether oxygens (including phenoxy) is 1. The minimum Gasteiger partial charge on any atom is -0.493 e. The molecule has 3 saturated heterocycles. The Hall–Kier alpha value is -2.32. The van der Waals surface area contributed by atoms with Gasteiger partial charge in [0.25, 0.3) is 0 Å². The molecule has 3 fully saturated rings. The van der Waals surface area contributed by atoms with Gasteiger partial charge in [-0.2, -0.15) is 0 Å². The summed E-state index contributed by atoms with van der Waals surface area (Å²) < 4.78 is 6.18. The average molecular weight is 519 g/mol. The quantitative estimate of drug-likeness (QED) is 0.555. The van der Waals surface area contributed by atoms with Gasteiger partial charge in [0.15, 0.2) is 0 Å². The average Bonchev–Trinajstić information content (AvgIpc) is 3.07. The number of likely N-dealkylation sites (N-methyl/N-ethyl adjacent to an activating group) is 1. The van der Waals surface area contributed by atoms with Crippen molar-refractivity contribution in [3.63, 3.8) is 0 Å². The zero-order valence-corrected chi connectivity index (χ0v) is 22.2. The number of piperazine rings is 1. The van der Waals surface area contributed by atoms with Gasteiger partial charge in [-0.3, -0.25) is 14.4 Å². The van der Waals surface area contributed by atoms with Crippen molar-refractivity contribution in [2.75, 3.05) is 66.0 Å². The smallest absolute Gasteiger partial charge is 0.242 e. The molecule has 0 N–H and O–H groups in total. The predicted octanol–water partition coefficient (Wildman–Crippen LogP) is 2.89. The predicted molar refractivity (Wildman–Crippen MR) is 139 cm³/mol. The lowest BCUT2D eigenvalue weighted by molar-refractivity contribution is -0.145.